The minimum Gasteiger partial charge on any atom is -0.303 e. The van der Waals surface area contributed by atoms with Crippen LogP contribution in [0, 0.1) is 5.92 Å². The molecule has 0 bridgehead atoms. The van der Waals surface area contributed by atoms with Gasteiger partial charge in [0.25, 0.3) is 0 Å². The SMILES string of the molecule is FC(F)(F)C1CCC2CCCC2N1. The summed E-state index contributed by atoms with van der Waals surface area (Å²) in [5, 5.41) is 2.73. The van der Waals surface area contributed by atoms with Crippen LogP contribution in [0.2, 0.25) is 0 Å². The van der Waals surface area contributed by atoms with E-state index in [1.54, 1.807) is 0 Å². The molecule has 3 atom stereocenters. The molecule has 1 aliphatic heterocycles. The van der Waals surface area contributed by atoms with Crippen LogP contribution < -0.4 is 5.32 Å². The third-order valence-electron chi connectivity index (χ3n) is 3.30. The minimum absolute atomic E-state index is 0.139. The number of nitrogens with one attached hydrogen (secondary N) is 1. The molecule has 1 nitrogen and oxygen atoms in total. The topological polar surface area (TPSA) is 12.0 Å². The number of halogens is 3. The summed E-state index contributed by atoms with van der Waals surface area (Å²) < 4.78 is 37.0. The van der Waals surface area contributed by atoms with Gasteiger partial charge in [0.05, 0.1) is 0 Å². The van der Waals surface area contributed by atoms with Crippen molar-refractivity contribution in [2.75, 3.05) is 0 Å². The number of alkyl halides is 3. The van der Waals surface area contributed by atoms with Gasteiger partial charge in [-0.15, -0.1) is 0 Å². The van der Waals surface area contributed by atoms with Gasteiger partial charge in [-0.1, -0.05) is 6.42 Å². The zero-order valence-corrected chi connectivity index (χ0v) is 7.40. The summed E-state index contributed by atoms with van der Waals surface area (Å²) in [6, 6.07) is -1.10. The van der Waals surface area contributed by atoms with E-state index in [9.17, 15) is 13.2 Å². The Morgan fingerprint density at radius 1 is 1.00 bits per heavy atom. The first-order chi connectivity index (χ1) is 6.07. The lowest BCUT2D eigenvalue weighted by molar-refractivity contribution is -0.164. The average molecular weight is 193 g/mol. The molecule has 4 heteroatoms. The van der Waals surface area contributed by atoms with Gasteiger partial charge in [-0.3, -0.25) is 0 Å². The summed E-state index contributed by atoms with van der Waals surface area (Å²) >= 11 is 0. The van der Waals surface area contributed by atoms with E-state index in [4.69, 9.17) is 0 Å². The van der Waals surface area contributed by atoms with Crippen molar-refractivity contribution in [2.45, 2.75) is 50.4 Å². The van der Waals surface area contributed by atoms with Crippen molar-refractivity contribution in [3.63, 3.8) is 0 Å². The zero-order chi connectivity index (χ0) is 9.47. The van der Waals surface area contributed by atoms with E-state index in [1.807, 2.05) is 0 Å². The van der Waals surface area contributed by atoms with E-state index in [0.29, 0.717) is 5.92 Å². The quantitative estimate of drug-likeness (QED) is 0.623. The van der Waals surface area contributed by atoms with Crippen LogP contribution in [0.15, 0.2) is 0 Å². The molecule has 3 unspecified atom stereocenters. The van der Waals surface area contributed by atoms with Crippen LogP contribution in [0.25, 0.3) is 0 Å². The molecule has 76 valence electrons. The molecule has 0 aromatic carbocycles. The molecular formula is C9H14F3N. The normalized spacial score (nSPS) is 40.4. The molecule has 0 aromatic heterocycles. The summed E-state index contributed by atoms with van der Waals surface area (Å²) in [5.41, 5.74) is 0. The van der Waals surface area contributed by atoms with Crippen molar-refractivity contribution in [1.29, 1.82) is 0 Å². The molecule has 2 aliphatic rings. The first kappa shape index (κ1) is 9.31. The summed E-state index contributed by atoms with van der Waals surface area (Å²) in [7, 11) is 0. The van der Waals surface area contributed by atoms with Gasteiger partial charge in [0, 0.05) is 6.04 Å². The number of rotatable bonds is 0. The first-order valence-electron chi connectivity index (χ1n) is 4.90. The van der Waals surface area contributed by atoms with Crippen molar-refractivity contribution < 1.29 is 13.2 Å². The lowest BCUT2D eigenvalue weighted by Crippen LogP contribution is -2.52. The molecule has 0 radical (unpaired) electrons. The molecule has 1 aliphatic carbocycles. The molecule has 1 heterocycles. The Morgan fingerprint density at radius 3 is 2.46 bits per heavy atom. The molecule has 13 heavy (non-hydrogen) atoms. The number of hydrogen-bond donors (Lipinski definition) is 1. The van der Waals surface area contributed by atoms with Gasteiger partial charge in [0.2, 0.25) is 0 Å². The highest BCUT2D eigenvalue weighted by Gasteiger charge is 2.45. The standard InChI is InChI=1S/C9H14F3N/c10-9(11,12)8-5-4-6-2-1-3-7(6)13-8/h6-8,13H,1-5H2. The van der Waals surface area contributed by atoms with Gasteiger partial charge in [-0.25, -0.2) is 0 Å². The van der Waals surface area contributed by atoms with Crippen molar-refractivity contribution in [3.8, 4) is 0 Å². The van der Waals surface area contributed by atoms with Crippen molar-refractivity contribution >= 4 is 0 Å². The second-order valence-electron chi connectivity index (χ2n) is 4.14. The maximum Gasteiger partial charge on any atom is 0.403 e. The van der Waals surface area contributed by atoms with Crippen LogP contribution in [0.1, 0.15) is 32.1 Å². The molecule has 1 saturated heterocycles. The smallest absolute Gasteiger partial charge is 0.303 e. The maximum atomic E-state index is 12.3. The minimum atomic E-state index is -4.05. The van der Waals surface area contributed by atoms with Gasteiger partial charge in [-0.05, 0) is 31.6 Å². The third-order valence-corrected chi connectivity index (χ3v) is 3.30. The highest BCUT2D eigenvalue weighted by atomic mass is 19.4. The maximum absolute atomic E-state index is 12.3. The van der Waals surface area contributed by atoms with Gasteiger partial charge in [-0.2, -0.15) is 13.2 Å². The molecule has 0 aromatic rings. The Balaban J connectivity index is 1.97. The Kier molecular flexibility index (Phi) is 2.26. The largest absolute Gasteiger partial charge is 0.403 e. The number of piperidine rings is 1. The van der Waals surface area contributed by atoms with E-state index in [2.05, 4.69) is 5.32 Å². The van der Waals surface area contributed by atoms with E-state index < -0.39 is 12.2 Å². The van der Waals surface area contributed by atoms with Crippen LogP contribution in [-0.4, -0.2) is 18.3 Å². The van der Waals surface area contributed by atoms with Crippen molar-refractivity contribution in [3.05, 3.63) is 0 Å². The third kappa shape index (κ3) is 1.82. The molecule has 0 amide bonds. The van der Waals surface area contributed by atoms with E-state index in [1.165, 1.54) is 0 Å². The predicted octanol–water partition coefficient (Wildman–Crippen LogP) is 2.47. The lowest BCUT2D eigenvalue weighted by atomic mass is 9.89. The second-order valence-corrected chi connectivity index (χ2v) is 4.14. The number of hydrogen-bond acceptors (Lipinski definition) is 1. The average Bonchev–Trinajstić information content (AvgIpc) is 2.47. The first-order valence-corrected chi connectivity index (χ1v) is 4.90. The van der Waals surface area contributed by atoms with Crippen molar-refractivity contribution in [1.82, 2.24) is 5.32 Å². The zero-order valence-electron chi connectivity index (χ0n) is 7.40. The van der Waals surface area contributed by atoms with E-state index >= 15 is 0 Å². The molecule has 2 rings (SSSR count). The second kappa shape index (κ2) is 3.15. The van der Waals surface area contributed by atoms with Gasteiger partial charge >= 0.3 is 6.18 Å². The highest BCUT2D eigenvalue weighted by molar-refractivity contribution is 4.93. The molecule has 1 saturated carbocycles. The number of fused-ring (bicyclic) bond motifs is 1. The van der Waals surface area contributed by atoms with Crippen LogP contribution in [0.5, 0.6) is 0 Å². The van der Waals surface area contributed by atoms with E-state index in [0.717, 1.165) is 25.7 Å². The lowest BCUT2D eigenvalue weighted by Gasteiger charge is -2.34. The van der Waals surface area contributed by atoms with Gasteiger partial charge < -0.3 is 5.32 Å². The van der Waals surface area contributed by atoms with Crippen molar-refractivity contribution in [2.24, 2.45) is 5.92 Å². The van der Waals surface area contributed by atoms with Gasteiger partial charge in [0.1, 0.15) is 6.04 Å². The summed E-state index contributed by atoms with van der Waals surface area (Å²) in [6.07, 6.45) is 0.104. The Morgan fingerprint density at radius 2 is 1.77 bits per heavy atom. The summed E-state index contributed by atoms with van der Waals surface area (Å²) in [4.78, 5) is 0. The highest BCUT2D eigenvalue weighted by Crippen LogP contribution is 2.37. The molecular weight excluding hydrogens is 179 g/mol. The van der Waals surface area contributed by atoms with Gasteiger partial charge in [0.15, 0.2) is 0 Å². The monoisotopic (exact) mass is 193 g/mol. The molecule has 0 spiro atoms. The summed E-state index contributed by atoms with van der Waals surface area (Å²) in [6.45, 7) is 0. The van der Waals surface area contributed by atoms with Crippen LogP contribution in [0.4, 0.5) is 13.2 Å². The Bertz CT molecular complexity index is 190. The van der Waals surface area contributed by atoms with Crippen LogP contribution >= 0.6 is 0 Å². The Labute approximate surface area is 75.7 Å². The fourth-order valence-corrected chi connectivity index (χ4v) is 2.58. The Hall–Kier alpha value is -0.250. The fraction of sp³-hybridized carbons (Fsp3) is 1.00. The summed E-state index contributed by atoms with van der Waals surface area (Å²) in [5.74, 6) is 0.513. The van der Waals surface area contributed by atoms with E-state index in [-0.39, 0.29) is 12.5 Å². The molecule has 2 fully saturated rings. The van der Waals surface area contributed by atoms with Crippen LogP contribution in [-0.2, 0) is 0 Å². The predicted molar refractivity (Wildman–Crippen MR) is 43.3 cm³/mol. The van der Waals surface area contributed by atoms with Crippen LogP contribution in [0.3, 0.4) is 0 Å². The fourth-order valence-electron chi connectivity index (χ4n) is 2.58. The molecule has 1 N–H and O–H groups in total.